The molecule has 1 aliphatic rings. The molecule has 0 spiro atoms. The van der Waals surface area contributed by atoms with Crippen molar-refractivity contribution in [3.05, 3.63) is 34.9 Å². The number of nitrogens with zero attached hydrogens (tertiary/aromatic N) is 4. The van der Waals surface area contributed by atoms with Gasteiger partial charge in [-0.25, -0.2) is 9.48 Å². The van der Waals surface area contributed by atoms with Crippen LogP contribution in [-0.4, -0.2) is 50.7 Å². The minimum atomic E-state index is -0.106. The number of fused-ring (bicyclic) bond motifs is 1. The van der Waals surface area contributed by atoms with Crippen molar-refractivity contribution in [1.29, 1.82) is 0 Å². The second-order valence-corrected chi connectivity index (χ2v) is 5.77. The Hall–Kier alpha value is -2.15. The van der Waals surface area contributed by atoms with Crippen LogP contribution in [-0.2, 0) is 11.3 Å². The highest BCUT2D eigenvalue weighted by atomic mass is 16.2. The first-order valence-corrected chi connectivity index (χ1v) is 7.67. The number of aromatic nitrogens is 3. The van der Waals surface area contributed by atoms with Crippen molar-refractivity contribution >= 4 is 11.6 Å². The van der Waals surface area contributed by atoms with Crippen molar-refractivity contribution in [3.8, 4) is 0 Å². The molecule has 3 rings (SSSR count). The molecule has 2 aromatic heterocycles. The number of hydrogen-bond acceptors (Lipinski definition) is 4. The highest BCUT2D eigenvalue weighted by Crippen LogP contribution is 2.09. The van der Waals surface area contributed by atoms with Crippen molar-refractivity contribution in [3.63, 3.8) is 0 Å². The Morgan fingerprint density at radius 2 is 2.27 bits per heavy atom. The zero-order valence-electron chi connectivity index (χ0n) is 12.7. The van der Waals surface area contributed by atoms with E-state index in [2.05, 4.69) is 15.3 Å². The highest BCUT2D eigenvalue weighted by molar-refractivity contribution is 5.73. The van der Waals surface area contributed by atoms with Crippen LogP contribution in [0.15, 0.2) is 29.2 Å². The largest absolute Gasteiger partial charge is 0.352 e. The molecule has 7 heteroatoms. The zero-order valence-corrected chi connectivity index (χ0v) is 12.7. The monoisotopic (exact) mass is 303 g/mol. The standard InChI is InChI=1S/C15H21N5O2/c1-12(21)16-13-5-4-7-18(11-13)9-10-20-15(22)19-8-3-2-6-14(19)17-20/h2-3,6,8,13H,4-5,7,9-11H2,1H3,(H,16,21). The van der Waals surface area contributed by atoms with Crippen LogP contribution in [0.1, 0.15) is 19.8 Å². The third kappa shape index (κ3) is 3.19. The third-order valence-electron chi connectivity index (χ3n) is 4.03. The van der Waals surface area contributed by atoms with E-state index in [1.807, 2.05) is 18.2 Å². The van der Waals surface area contributed by atoms with Gasteiger partial charge in [-0.3, -0.25) is 14.1 Å². The van der Waals surface area contributed by atoms with Crippen LogP contribution in [0.5, 0.6) is 0 Å². The van der Waals surface area contributed by atoms with E-state index in [1.54, 1.807) is 17.5 Å². The number of rotatable bonds is 4. The maximum absolute atomic E-state index is 12.2. The number of nitrogens with one attached hydrogen (secondary N) is 1. The Morgan fingerprint density at radius 3 is 3.05 bits per heavy atom. The van der Waals surface area contributed by atoms with Gasteiger partial charge < -0.3 is 5.32 Å². The number of pyridine rings is 1. The molecule has 1 fully saturated rings. The summed E-state index contributed by atoms with van der Waals surface area (Å²) >= 11 is 0. The number of likely N-dealkylation sites (tertiary alicyclic amines) is 1. The van der Waals surface area contributed by atoms with Crippen LogP contribution in [0.3, 0.4) is 0 Å². The van der Waals surface area contributed by atoms with Crippen LogP contribution in [0, 0.1) is 0 Å². The molecule has 0 saturated carbocycles. The van der Waals surface area contributed by atoms with Gasteiger partial charge in [0, 0.05) is 32.3 Å². The van der Waals surface area contributed by atoms with E-state index in [9.17, 15) is 9.59 Å². The zero-order chi connectivity index (χ0) is 15.5. The molecule has 0 bridgehead atoms. The predicted molar refractivity (Wildman–Crippen MR) is 82.7 cm³/mol. The van der Waals surface area contributed by atoms with Gasteiger partial charge in [0.1, 0.15) is 0 Å². The third-order valence-corrected chi connectivity index (χ3v) is 4.03. The van der Waals surface area contributed by atoms with Crippen LogP contribution in [0.2, 0.25) is 0 Å². The van der Waals surface area contributed by atoms with Crippen molar-refractivity contribution < 1.29 is 4.79 Å². The fraction of sp³-hybridized carbons (Fsp3) is 0.533. The summed E-state index contributed by atoms with van der Waals surface area (Å²) in [6.45, 7) is 4.71. The molecule has 1 atom stereocenters. The van der Waals surface area contributed by atoms with E-state index in [-0.39, 0.29) is 17.6 Å². The first-order chi connectivity index (χ1) is 10.6. The van der Waals surface area contributed by atoms with Crippen molar-refractivity contribution in [2.75, 3.05) is 19.6 Å². The molecule has 1 unspecified atom stereocenters. The minimum Gasteiger partial charge on any atom is -0.352 e. The van der Waals surface area contributed by atoms with Gasteiger partial charge >= 0.3 is 5.69 Å². The van der Waals surface area contributed by atoms with Gasteiger partial charge in [0.25, 0.3) is 0 Å². The van der Waals surface area contributed by atoms with Crippen molar-refractivity contribution in [2.24, 2.45) is 0 Å². The molecule has 0 radical (unpaired) electrons. The average molecular weight is 303 g/mol. The summed E-state index contributed by atoms with van der Waals surface area (Å²) in [7, 11) is 0. The molecule has 22 heavy (non-hydrogen) atoms. The Balaban J connectivity index is 1.62. The van der Waals surface area contributed by atoms with Gasteiger partial charge in [-0.15, -0.1) is 5.10 Å². The molecular weight excluding hydrogens is 282 g/mol. The topological polar surface area (TPSA) is 71.6 Å². The van der Waals surface area contributed by atoms with E-state index < -0.39 is 0 Å². The summed E-state index contributed by atoms with van der Waals surface area (Å²) < 4.78 is 3.06. The Bertz CT molecular complexity index is 720. The predicted octanol–water partition coefficient (Wildman–Crippen LogP) is 0.0965. The molecule has 2 aromatic rings. The molecule has 1 saturated heterocycles. The number of amides is 1. The van der Waals surface area contributed by atoms with E-state index in [1.165, 1.54) is 4.68 Å². The molecule has 1 N–H and O–H groups in total. The number of piperidine rings is 1. The van der Waals surface area contributed by atoms with Gasteiger partial charge in [0.05, 0.1) is 6.54 Å². The summed E-state index contributed by atoms with van der Waals surface area (Å²) in [6.07, 6.45) is 3.81. The summed E-state index contributed by atoms with van der Waals surface area (Å²) in [6, 6.07) is 5.73. The second kappa shape index (κ2) is 6.31. The molecule has 7 nitrogen and oxygen atoms in total. The number of carbonyl (C=O) groups is 1. The summed E-state index contributed by atoms with van der Waals surface area (Å²) in [4.78, 5) is 25.6. The molecule has 1 amide bonds. The van der Waals surface area contributed by atoms with Crippen LogP contribution in [0.4, 0.5) is 0 Å². The van der Waals surface area contributed by atoms with E-state index >= 15 is 0 Å². The lowest BCUT2D eigenvalue weighted by atomic mass is 10.1. The molecule has 0 aromatic carbocycles. The SMILES string of the molecule is CC(=O)NC1CCCN(CCn2nc3ccccn3c2=O)C1. The normalized spacial score (nSPS) is 19.4. The first kappa shape index (κ1) is 14.8. The van der Waals surface area contributed by atoms with Crippen molar-refractivity contribution in [2.45, 2.75) is 32.4 Å². The fourth-order valence-electron chi connectivity index (χ4n) is 3.01. The minimum absolute atomic E-state index is 0.0171. The maximum atomic E-state index is 12.2. The lowest BCUT2D eigenvalue weighted by Gasteiger charge is -2.32. The smallest absolute Gasteiger partial charge is 0.350 e. The summed E-state index contributed by atoms with van der Waals surface area (Å²) in [5.74, 6) is 0.0171. The molecule has 118 valence electrons. The van der Waals surface area contributed by atoms with Gasteiger partial charge in [-0.05, 0) is 31.5 Å². The van der Waals surface area contributed by atoms with Crippen LogP contribution >= 0.6 is 0 Å². The Morgan fingerprint density at radius 1 is 1.41 bits per heavy atom. The summed E-state index contributed by atoms with van der Waals surface area (Å²) in [5, 5.41) is 7.31. The quantitative estimate of drug-likeness (QED) is 0.869. The Labute approximate surface area is 128 Å². The molecule has 3 heterocycles. The lowest BCUT2D eigenvalue weighted by molar-refractivity contribution is -0.120. The molecule has 1 aliphatic heterocycles. The van der Waals surface area contributed by atoms with Crippen LogP contribution in [0.25, 0.3) is 5.65 Å². The number of carbonyl (C=O) groups excluding carboxylic acids is 1. The Kier molecular flexibility index (Phi) is 4.24. The molecule has 0 aliphatic carbocycles. The van der Waals surface area contributed by atoms with E-state index in [0.29, 0.717) is 12.2 Å². The van der Waals surface area contributed by atoms with Gasteiger partial charge in [-0.1, -0.05) is 6.07 Å². The van der Waals surface area contributed by atoms with Gasteiger partial charge in [0.15, 0.2) is 5.65 Å². The lowest BCUT2D eigenvalue weighted by Crippen LogP contribution is -2.48. The van der Waals surface area contributed by atoms with Crippen molar-refractivity contribution in [1.82, 2.24) is 24.4 Å². The first-order valence-electron chi connectivity index (χ1n) is 7.67. The maximum Gasteiger partial charge on any atom is 0.350 e. The average Bonchev–Trinajstić information content (AvgIpc) is 2.82. The van der Waals surface area contributed by atoms with Gasteiger partial charge in [-0.2, -0.15) is 0 Å². The fourth-order valence-corrected chi connectivity index (χ4v) is 3.01. The highest BCUT2D eigenvalue weighted by Gasteiger charge is 2.20. The van der Waals surface area contributed by atoms with E-state index in [4.69, 9.17) is 0 Å². The van der Waals surface area contributed by atoms with Crippen LogP contribution < -0.4 is 11.0 Å². The number of hydrogen-bond donors (Lipinski definition) is 1. The van der Waals surface area contributed by atoms with Gasteiger partial charge in [0.2, 0.25) is 5.91 Å². The molecular formula is C15H21N5O2. The summed E-state index contributed by atoms with van der Waals surface area (Å²) in [5.41, 5.74) is 0.563. The van der Waals surface area contributed by atoms with E-state index in [0.717, 1.165) is 32.5 Å². The second-order valence-electron chi connectivity index (χ2n) is 5.77.